The van der Waals surface area contributed by atoms with Gasteiger partial charge in [0.15, 0.2) is 0 Å². The highest BCUT2D eigenvalue weighted by Gasteiger charge is 2.23. The van der Waals surface area contributed by atoms with Gasteiger partial charge in [0.2, 0.25) is 5.91 Å². The third-order valence-electron chi connectivity index (χ3n) is 5.05. The Hall–Kier alpha value is -2.73. The fraction of sp³-hybridized carbons (Fsp3) is 0.409. The van der Waals surface area contributed by atoms with Crippen molar-refractivity contribution in [1.29, 1.82) is 0 Å². The van der Waals surface area contributed by atoms with Crippen molar-refractivity contribution in [3.63, 3.8) is 0 Å². The lowest BCUT2D eigenvalue weighted by atomic mass is 10.2. The van der Waals surface area contributed by atoms with E-state index in [0.717, 1.165) is 48.9 Å². The van der Waals surface area contributed by atoms with Crippen LogP contribution in [0.2, 0.25) is 0 Å². The number of benzene rings is 2. The molecule has 0 atom stereocenters. The molecular formula is C22H29N3O3. The second-order valence-corrected chi connectivity index (χ2v) is 7.06. The first-order chi connectivity index (χ1) is 13.6. The van der Waals surface area contributed by atoms with Crippen LogP contribution in [-0.4, -0.2) is 69.7 Å². The molecule has 2 aromatic rings. The first-order valence-corrected chi connectivity index (χ1v) is 9.58. The standard InChI is InChI=1S/C22H29N3O3/c1-23(16-18-7-6-8-19(15-18)27-2)17-22(26)25-13-11-24(12-14-25)20-9-4-5-10-21(20)28-3/h4-10,15H,11-14,16-17H2,1-3H3. The van der Waals surface area contributed by atoms with Crippen LogP contribution < -0.4 is 14.4 Å². The Morgan fingerprint density at radius 3 is 2.46 bits per heavy atom. The van der Waals surface area contributed by atoms with Crippen molar-refractivity contribution in [2.45, 2.75) is 6.54 Å². The number of nitrogens with zero attached hydrogens (tertiary/aromatic N) is 3. The molecule has 0 aliphatic carbocycles. The molecule has 2 aromatic carbocycles. The smallest absolute Gasteiger partial charge is 0.236 e. The van der Waals surface area contributed by atoms with E-state index < -0.39 is 0 Å². The molecular weight excluding hydrogens is 354 g/mol. The van der Waals surface area contributed by atoms with Gasteiger partial charge >= 0.3 is 0 Å². The van der Waals surface area contributed by atoms with Gasteiger partial charge in [-0.05, 0) is 36.9 Å². The summed E-state index contributed by atoms with van der Waals surface area (Å²) >= 11 is 0. The molecule has 1 amide bonds. The number of anilines is 1. The van der Waals surface area contributed by atoms with E-state index in [4.69, 9.17) is 9.47 Å². The van der Waals surface area contributed by atoms with E-state index in [1.54, 1.807) is 14.2 Å². The molecule has 28 heavy (non-hydrogen) atoms. The molecule has 0 unspecified atom stereocenters. The molecule has 3 rings (SSSR count). The number of amides is 1. The molecule has 0 N–H and O–H groups in total. The monoisotopic (exact) mass is 383 g/mol. The molecule has 1 fully saturated rings. The van der Waals surface area contributed by atoms with Gasteiger partial charge in [-0.2, -0.15) is 0 Å². The molecule has 0 radical (unpaired) electrons. The summed E-state index contributed by atoms with van der Waals surface area (Å²) in [4.78, 5) is 19.0. The minimum Gasteiger partial charge on any atom is -0.497 e. The van der Waals surface area contributed by atoms with Crippen molar-refractivity contribution in [2.24, 2.45) is 0 Å². The van der Waals surface area contributed by atoms with Gasteiger partial charge in [0.1, 0.15) is 11.5 Å². The van der Waals surface area contributed by atoms with E-state index in [1.165, 1.54) is 0 Å². The molecule has 0 spiro atoms. The van der Waals surface area contributed by atoms with Crippen molar-refractivity contribution >= 4 is 11.6 Å². The molecule has 6 heteroatoms. The van der Waals surface area contributed by atoms with Crippen LogP contribution in [0.15, 0.2) is 48.5 Å². The molecule has 1 saturated heterocycles. The van der Waals surface area contributed by atoms with Crippen LogP contribution in [0.4, 0.5) is 5.69 Å². The third kappa shape index (κ3) is 4.95. The van der Waals surface area contributed by atoms with Crippen LogP contribution in [0.3, 0.4) is 0 Å². The first-order valence-electron chi connectivity index (χ1n) is 9.58. The van der Waals surface area contributed by atoms with E-state index in [2.05, 4.69) is 17.0 Å². The number of likely N-dealkylation sites (N-methyl/N-ethyl adjacent to an activating group) is 1. The minimum absolute atomic E-state index is 0.171. The van der Waals surface area contributed by atoms with Crippen molar-refractivity contribution < 1.29 is 14.3 Å². The number of hydrogen-bond acceptors (Lipinski definition) is 5. The number of carbonyl (C=O) groups excluding carboxylic acids is 1. The maximum atomic E-state index is 12.7. The Morgan fingerprint density at radius 1 is 1.00 bits per heavy atom. The second kappa shape index (κ2) is 9.46. The Bertz CT molecular complexity index is 788. The summed E-state index contributed by atoms with van der Waals surface area (Å²) in [5.74, 6) is 1.88. The maximum absolute atomic E-state index is 12.7. The summed E-state index contributed by atoms with van der Waals surface area (Å²) in [5, 5.41) is 0. The molecule has 0 saturated carbocycles. The topological polar surface area (TPSA) is 45.2 Å². The number of carbonyl (C=O) groups is 1. The molecule has 0 bridgehead atoms. The lowest BCUT2D eigenvalue weighted by Crippen LogP contribution is -2.51. The van der Waals surface area contributed by atoms with Crippen LogP contribution in [0.1, 0.15) is 5.56 Å². The quantitative estimate of drug-likeness (QED) is 0.735. The highest BCUT2D eigenvalue weighted by atomic mass is 16.5. The summed E-state index contributed by atoms with van der Waals surface area (Å²) in [5.41, 5.74) is 2.22. The lowest BCUT2D eigenvalue weighted by Gasteiger charge is -2.37. The van der Waals surface area contributed by atoms with Gasteiger partial charge in [0.25, 0.3) is 0 Å². The lowest BCUT2D eigenvalue weighted by molar-refractivity contribution is -0.132. The van der Waals surface area contributed by atoms with Crippen molar-refractivity contribution in [2.75, 3.05) is 58.9 Å². The van der Waals surface area contributed by atoms with E-state index in [-0.39, 0.29) is 5.91 Å². The summed E-state index contributed by atoms with van der Waals surface area (Å²) < 4.78 is 10.7. The van der Waals surface area contributed by atoms with Crippen LogP contribution in [0, 0.1) is 0 Å². The van der Waals surface area contributed by atoms with E-state index >= 15 is 0 Å². The summed E-state index contributed by atoms with van der Waals surface area (Å²) in [6.45, 7) is 4.20. The highest BCUT2D eigenvalue weighted by Crippen LogP contribution is 2.28. The zero-order chi connectivity index (χ0) is 19.9. The molecule has 0 aromatic heterocycles. The molecule has 1 aliphatic rings. The number of piperazine rings is 1. The van der Waals surface area contributed by atoms with Crippen LogP contribution in [-0.2, 0) is 11.3 Å². The Labute approximate surface area is 167 Å². The van der Waals surface area contributed by atoms with Gasteiger partial charge in [-0.3, -0.25) is 9.69 Å². The molecule has 150 valence electrons. The second-order valence-electron chi connectivity index (χ2n) is 7.06. The van der Waals surface area contributed by atoms with Crippen LogP contribution in [0.5, 0.6) is 11.5 Å². The summed E-state index contributed by atoms with van der Waals surface area (Å²) in [6.07, 6.45) is 0. The Morgan fingerprint density at radius 2 is 1.75 bits per heavy atom. The largest absolute Gasteiger partial charge is 0.497 e. The van der Waals surface area contributed by atoms with Gasteiger partial charge < -0.3 is 19.3 Å². The minimum atomic E-state index is 0.171. The van der Waals surface area contributed by atoms with Crippen LogP contribution in [0.25, 0.3) is 0 Å². The van der Waals surface area contributed by atoms with Gasteiger partial charge in [0, 0.05) is 32.7 Å². The first kappa shape index (κ1) is 20.0. The van der Waals surface area contributed by atoms with Gasteiger partial charge in [0.05, 0.1) is 26.5 Å². The average Bonchev–Trinajstić information content (AvgIpc) is 2.73. The van der Waals surface area contributed by atoms with Crippen molar-refractivity contribution in [3.05, 3.63) is 54.1 Å². The Kier molecular flexibility index (Phi) is 6.76. The molecule has 1 aliphatic heterocycles. The number of ether oxygens (including phenoxy) is 2. The zero-order valence-electron chi connectivity index (χ0n) is 16.9. The fourth-order valence-electron chi connectivity index (χ4n) is 3.56. The predicted molar refractivity (Wildman–Crippen MR) is 111 cm³/mol. The maximum Gasteiger partial charge on any atom is 0.236 e. The summed E-state index contributed by atoms with van der Waals surface area (Å²) in [6, 6.07) is 16.0. The van der Waals surface area contributed by atoms with Gasteiger partial charge in [-0.1, -0.05) is 24.3 Å². The Balaban J connectivity index is 1.50. The van der Waals surface area contributed by atoms with Gasteiger partial charge in [-0.15, -0.1) is 0 Å². The predicted octanol–water partition coefficient (Wildman–Crippen LogP) is 2.48. The highest BCUT2D eigenvalue weighted by molar-refractivity contribution is 5.78. The van der Waals surface area contributed by atoms with Crippen molar-refractivity contribution in [3.8, 4) is 11.5 Å². The van der Waals surface area contributed by atoms with E-state index in [0.29, 0.717) is 13.1 Å². The number of methoxy groups -OCH3 is 2. The third-order valence-corrected chi connectivity index (χ3v) is 5.05. The SMILES string of the molecule is COc1cccc(CN(C)CC(=O)N2CCN(c3ccccc3OC)CC2)c1. The average molecular weight is 383 g/mol. The summed E-state index contributed by atoms with van der Waals surface area (Å²) in [7, 11) is 5.33. The fourth-order valence-corrected chi connectivity index (χ4v) is 3.56. The van der Waals surface area contributed by atoms with Gasteiger partial charge in [-0.25, -0.2) is 0 Å². The molecule has 6 nitrogen and oxygen atoms in total. The van der Waals surface area contributed by atoms with E-state index in [1.807, 2.05) is 53.2 Å². The number of rotatable bonds is 7. The number of para-hydroxylation sites is 2. The van der Waals surface area contributed by atoms with Crippen molar-refractivity contribution in [1.82, 2.24) is 9.80 Å². The zero-order valence-corrected chi connectivity index (χ0v) is 16.9. The van der Waals surface area contributed by atoms with Crippen LogP contribution >= 0.6 is 0 Å². The molecule has 1 heterocycles. The number of hydrogen-bond donors (Lipinski definition) is 0. The van der Waals surface area contributed by atoms with E-state index in [9.17, 15) is 4.79 Å². The normalized spacial score (nSPS) is 14.3.